The molecule has 0 spiro atoms. The minimum absolute atomic E-state index is 0.0382. The van der Waals surface area contributed by atoms with E-state index in [9.17, 15) is 9.18 Å². The summed E-state index contributed by atoms with van der Waals surface area (Å²) in [5, 5.41) is 7.02. The third kappa shape index (κ3) is 4.28. The fourth-order valence-corrected chi connectivity index (χ4v) is 3.85. The molecule has 8 heteroatoms. The zero-order chi connectivity index (χ0) is 21.1. The number of thiophene rings is 1. The molecule has 0 fully saturated rings. The molecule has 0 aliphatic heterocycles. The Bertz CT molecular complexity index is 1140. The number of benzene rings is 1. The molecule has 1 unspecified atom stereocenters. The van der Waals surface area contributed by atoms with Crippen LogP contribution < -0.4 is 5.32 Å². The van der Waals surface area contributed by atoms with Crippen LogP contribution in [0.25, 0.3) is 21.8 Å². The summed E-state index contributed by atoms with van der Waals surface area (Å²) < 4.78 is 18.6. The minimum atomic E-state index is -0.433. The van der Waals surface area contributed by atoms with Gasteiger partial charge in [-0.2, -0.15) is 4.98 Å². The summed E-state index contributed by atoms with van der Waals surface area (Å²) in [6.07, 6.45) is 3.31. The highest BCUT2D eigenvalue weighted by Crippen LogP contribution is 2.29. The van der Waals surface area contributed by atoms with Crippen LogP contribution in [-0.2, 0) is 0 Å². The van der Waals surface area contributed by atoms with Gasteiger partial charge in [-0.15, -0.1) is 11.3 Å². The molecule has 1 aromatic carbocycles. The molecular formula is C22H19FN4O2S. The van der Waals surface area contributed by atoms with Crippen LogP contribution in [0.2, 0.25) is 0 Å². The Balaban J connectivity index is 1.52. The highest BCUT2D eigenvalue weighted by atomic mass is 32.1. The van der Waals surface area contributed by atoms with Crippen molar-refractivity contribution < 1.29 is 13.7 Å². The molecule has 0 aliphatic carbocycles. The Kier molecular flexibility index (Phi) is 5.67. The molecule has 0 bridgehead atoms. The average molecular weight is 422 g/mol. The van der Waals surface area contributed by atoms with E-state index in [0.29, 0.717) is 16.6 Å². The predicted molar refractivity (Wildman–Crippen MR) is 112 cm³/mol. The number of aromatic nitrogens is 3. The van der Waals surface area contributed by atoms with Crippen molar-refractivity contribution in [1.82, 2.24) is 20.4 Å². The normalized spacial score (nSPS) is 12.1. The SMILES string of the molecule is CC(C)C(NC(=O)c1ccc(-c2ccc(F)cc2)s1)c1nc(-c2ccncc2)no1. The first-order valence-electron chi connectivity index (χ1n) is 9.42. The molecule has 152 valence electrons. The maximum absolute atomic E-state index is 13.1. The van der Waals surface area contributed by atoms with E-state index in [-0.39, 0.29) is 17.6 Å². The van der Waals surface area contributed by atoms with Crippen LogP contribution in [0.3, 0.4) is 0 Å². The maximum Gasteiger partial charge on any atom is 0.262 e. The molecule has 4 aromatic rings. The molecule has 0 aliphatic rings. The number of carbonyl (C=O) groups excluding carboxylic acids is 1. The average Bonchev–Trinajstić information content (AvgIpc) is 3.43. The van der Waals surface area contributed by atoms with Gasteiger partial charge in [-0.25, -0.2) is 4.39 Å². The van der Waals surface area contributed by atoms with Crippen LogP contribution in [0.5, 0.6) is 0 Å². The predicted octanol–water partition coefficient (Wildman–Crippen LogP) is 5.13. The smallest absolute Gasteiger partial charge is 0.262 e. The lowest BCUT2D eigenvalue weighted by molar-refractivity contribution is 0.0918. The summed E-state index contributed by atoms with van der Waals surface area (Å²) in [6, 6.07) is 13.0. The summed E-state index contributed by atoms with van der Waals surface area (Å²) in [7, 11) is 0. The van der Waals surface area contributed by atoms with Gasteiger partial charge < -0.3 is 9.84 Å². The summed E-state index contributed by atoms with van der Waals surface area (Å²) in [4.78, 5) is 22.7. The Morgan fingerprint density at radius 3 is 2.47 bits per heavy atom. The zero-order valence-corrected chi connectivity index (χ0v) is 17.2. The number of pyridine rings is 1. The van der Waals surface area contributed by atoms with Gasteiger partial charge in [-0.3, -0.25) is 9.78 Å². The van der Waals surface area contributed by atoms with Crippen molar-refractivity contribution in [3.63, 3.8) is 0 Å². The monoisotopic (exact) mass is 422 g/mol. The third-order valence-electron chi connectivity index (χ3n) is 4.56. The van der Waals surface area contributed by atoms with Crippen LogP contribution in [0.4, 0.5) is 4.39 Å². The van der Waals surface area contributed by atoms with Crippen molar-refractivity contribution in [2.75, 3.05) is 0 Å². The fourth-order valence-electron chi connectivity index (χ4n) is 2.93. The number of nitrogens with zero attached hydrogens (tertiary/aromatic N) is 3. The largest absolute Gasteiger partial charge is 0.339 e. The molecule has 0 radical (unpaired) electrons. The van der Waals surface area contributed by atoms with E-state index >= 15 is 0 Å². The minimum Gasteiger partial charge on any atom is -0.339 e. The van der Waals surface area contributed by atoms with Gasteiger partial charge in [0, 0.05) is 22.8 Å². The van der Waals surface area contributed by atoms with E-state index in [4.69, 9.17) is 4.52 Å². The fraction of sp³-hybridized carbons (Fsp3) is 0.182. The van der Waals surface area contributed by atoms with Crippen molar-refractivity contribution in [2.45, 2.75) is 19.9 Å². The molecule has 30 heavy (non-hydrogen) atoms. The van der Waals surface area contributed by atoms with Crippen LogP contribution in [0, 0.1) is 11.7 Å². The second-order valence-electron chi connectivity index (χ2n) is 7.06. The van der Waals surface area contributed by atoms with Gasteiger partial charge in [0.25, 0.3) is 5.91 Å². The molecule has 3 aromatic heterocycles. The number of rotatable bonds is 6. The number of amides is 1. The van der Waals surface area contributed by atoms with E-state index in [2.05, 4.69) is 20.4 Å². The standard InChI is InChI=1S/C22H19FN4O2S/c1-13(2)19(22-26-20(27-29-22)15-9-11-24-12-10-15)25-21(28)18-8-7-17(30-18)14-3-5-16(23)6-4-14/h3-13,19H,1-2H3,(H,25,28). The Labute approximate surface area is 176 Å². The Hall–Kier alpha value is -3.39. The van der Waals surface area contributed by atoms with E-state index < -0.39 is 6.04 Å². The Morgan fingerprint density at radius 1 is 1.03 bits per heavy atom. The first-order valence-corrected chi connectivity index (χ1v) is 10.2. The summed E-state index contributed by atoms with van der Waals surface area (Å²) in [6.45, 7) is 3.94. The van der Waals surface area contributed by atoms with E-state index in [1.54, 1.807) is 42.7 Å². The lowest BCUT2D eigenvalue weighted by Crippen LogP contribution is -2.31. The highest BCUT2D eigenvalue weighted by molar-refractivity contribution is 7.17. The first kappa shape index (κ1) is 19.9. The zero-order valence-electron chi connectivity index (χ0n) is 16.4. The van der Waals surface area contributed by atoms with Gasteiger partial charge in [-0.05, 0) is 47.9 Å². The van der Waals surface area contributed by atoms with Gasteiger partial charge in [0.05, 0.1) is 4.88 Å². The van der Waals surface area contributed by atoms with Gasteiger partial charge in [-0.1, -0.05) is 31.1 Å². The second kappa shape index (κ2) is 8.54. The lowest BCUT2D eigenvalue weighted by atomic mass is 10.0. The molecule has 1 atom stereocenters. The van der Waals surface area contributed by atoms with Crippen molar-refractivity contribution >= 4 is 17.2 Å². The van der Waals surface area contributed by atoms with Crippen LogP contribution >= 0.6 is 11.3 Å². The quantitative estimate of drug-likeness (QED) is 0.466. The molecule has 6 nitrogen and oxygen atoms in total. The van der Waals surface area contributed by atoms with Crippen LogP contribution in [0.1, 0.15) is 35.5 Å². The highest BCUT2D eigenvalue weighted by Gasteiger charge is 2.26. The molecular weight excluding hydrogens is 403 g/mol. The van der Waals surface area contributed by atoms with Gasteiger partial charge in [0.2, 0.25) is 11.7 Å². The molecule has 3 heterocycles. The van der Waals surface area contributed by atoms with Crippen LogP contribution in [0.15, 0.2) is 65.4 Å². The van der Waals surface area contributed by atoms with E-state index in [1.807, 2.05) is 19.9 Å². The number of hydrogen-bond donors (Lipinski definition) is 1. The molecule has 4 rings (SSSR count). The van der Waals surface area contributed by atoms with Crippen molar-refractivity contribution in [2.24, 2.45) is 5.92 Å². The summed E-state index contributed by atoms with van der Waals surface area (Å²) >= 11 is 1.34. The Morgan fingerprint density at radius 2 is 1.77 bits per heavy atom. The lowest BCUT2D eigenvalue weighted by Gasteiger charge is -2.17. The molecule has 1 amide bonds. The van der Waals surface area contributed by atoms with Gasteiger partial charge >= 0.3 is 0 Å². The topological polar surface area (TPSA) is 80.9 Å². The van der Waals surface area contributed by atoms with Crippen molar-refractivity contribution in [3.05, 3.63) is 77.5 Å². The second-order valence-corrected chi connectivity index (χ2v) is 8.14. The van der Waals surface area contributed by atoms with E-state index in [1.165, 1.54) is 23.5 Å². The summed E-state index contributed by atoms with van der Waals surface area (Å²) in [5.74, 6) is 0.313. The third-order valence-corrected chi connectivity index (χ3v) is 5.69. The number of carbonyl (C=O) groups is 1. The summed E-state index contributed by atoms with van der Waals surface area (Å²) in [5.41, 5.74) is 1.65. The maximum atomic E-state index is 13.1. The molecule has 1 N–H and O–H groups in total. The van der Waals surface area contributed by atoms with E-state index in [0.717, 1.165) is 16.0 Å². The first-order chi connectivity index (χ1) is 14.5. The number of halogens is 1. The van der Waals surface area contributed by atoms with Gasteiger partial charge in [0.15, 0.2) is 0 Å². The molecule has 0 saturated carbocycles. The van der Waals surface area contributed by atoms with Gasteiger partial charge in [0.1, 0.15) is 11.9 Å². The number of hydrogen-bond acceptors (Lipinski definition) is 6. The van der Waals surface area contributed by atoms with Crippen LogP contribution in [-0.4, -0.2) is 21.0 Å². The van der Waals surface area contributed by atoms with Crippen molar-refractivity contribution in [1.29, 1.82) is 0 Å². The molecule has 0 saturated heterocycles. The van der Waals surface area contributed by atoms with Crippen molar-refractivity contribution in [3.8, 4) is 21.8 Å². The number of nitrogens with one attached hydrogen (secondary N) is 1.